The molecule has 1 N–H and O–H groups in total. The van der Waals surface area contributed by atoms with Gasteiger partial charge in [0.2, 0.25) is 0 Å². The molecule has 1 aliphatic heterocycles. The minimum absolute atomic E-state index is 0.252. The largest absolute Gasteiger partial charge is 0.355 e. The highest BCUT2D eigenvalue weighted by atomic mass is 16.7. The first-order valence-electron chi connectivity index (χ1n) is 5.77. The fourth-order valence-electron chi connectivity index (χ4n) is 1.74. The third-order valence-corrected chi connectivity index (χ3v) is 2.76. The van der Waals surface area contributed by atoms with Crippen LogP contribution < -0.4 is 5.32 Å². The first kappa shape index (κ1) is 12.1. The molecule has 4 heteroatoms. The van der Waals surface area contributed by atoms with Gasteiger partial charge in [0.25, 0.3) is 0 Å². The van der Waals surface area contributed by atoms with E-state index in [1.807, 2.05) is 24.3 Å². The molecule has 1 fully saturated rings. The van der Waals surface area contributed by atoms with Crippen LogP contribution in [0.1, 0.15) is 17.5 Å². The number of nitrogens with zero attached hydrogens (tertiary/aromatic N) is 1. The van der Waals surface area contributed by atoms with Gasteiger partial charge in [-0.25, -0.2) is 0 Å². The lowest BCUT2D eigenvalue weighted by molar-refractivity contribution is -0.137. The van der Waals surface area contributed by atoms with Crippen LogP contribution in [0.25, 0.3) is 0 Å². The number of benzene rings is 1. The van der Waals surface area contributed by atoms with Crippen molar-refractivity contribution in [2.24, 2.45) is 0 Å². The first-order chi connectivity index (χ1) is 8.38. The molecule has 4 nitrogen and oxygen atoms in total. The lowest BCUT2D eigenvalue weighted by Crippen LogP contribution is -2.33. The molecule has 0 saturated carbocycles. The molecule has 0 spiro atoms. The predicted octanol–water partition coefficient (Wildman–Crippen LogP) is 1.41. The summed E-state index contributed by atoms with van der Waals surface area (Å²) < 4.78 is 10.5. The smallest absolute Gasteiger partial charge is 0.147 e. The van der Waals surface area contributed by atoms with Crippen LogP contribution in [0, 0.1) is 11.3 Å². The van der Waals surface area contributed by atoms with Gasteiger partial charge < -0.3 is 14.8 Å². The number of nitrogens with one attached hydrogen (secondary N) is 1. The van der Waals surface area contributed by atoms with Crippen LogP contribution in [-0.2, 0) is 16.0 Å². The standard InChI is InChI=1S/C13H16N2O2/c14-7-11-1-3-12(4-2-11)8-15-9-13-5-6-16-10-17-13/h1-4,13,15H,5-6,8-10H2. The Hall–Kier alpha value is -1.41. The number of nitriles is 1. The van der Waals surface area contributed by atoms with E-state index in [-0.39, 0.29) is 6.10 Å². The minimum atomic E-state index is 0.252. The summed E-state index contributed by atoms with van der Waals surface area (Å²) in [5.74, 6) is 0. The topological polar surface area (TPSA) is 54.3 Å². The van der Waals surface area contributed by atoms with Crippen LogP contribution in [0.2, 0.25) is 0 Å². The molecule has 1 aromatic rings. The second kappa shape index (κ2) is 6.36. The van der Waals surface area contributed by atoms with Gasteiger partial charge in [0.15, 0.2) is 0 Å². The molecular weight excluding hydrogens is 216 g/mol. The molecule has 1 heterocycles. The van der Waals surface area contributed by atoms with Crippen molar-refractivity contribution < 1.29 is 9.47 Å². The van der Waals surface area contributed by atoms with Crippen molar-refractivity contribution in [1.82, 2.24) is 5.32 Å². The van der Waals surface area contributed by atoms with Crippen LogP contribution in [-0.4, -0.2) is 26.0 Å². The van der Waals surface area contributed by atoms with Crippen molar-refractivity contribution in [3.05, 3.63) is 35.4 Å². The van der Waals surface area contributed by atoms with E-state index in [0.29, 0.717) is 12.4 Å². The van der Waals surface area contributed by atoms with Gasteiger partial charge in [-0.3, -0.25) is 0 Å². The molecule has 0 amide bonds. The molecule has 0 bridgehead atoms. The zero-order valence-electron chi connectivity index (χ0n) is 9.69. The van der Waals surface area contributed by atoms with Gasteiger partial charge in [0.1, 0.15) is 6.79 Å². The molecule has 17 heavy (non-hydrogen) atoms. The maximum atomic E-state index is 8.68. The average Bonchev–Trinajstić information content (AvgIpc) is 2.41. The monoisotopic (exact) mass is 232 g/mol. The van der Waals surface area contributed by atoms with E-state index in [4.69, 9.17) is 14.7 Å². The Morgan fingerprint density at radius 1 is 1.35 bits per heavy atom. The van der Waals surface area contributed by atoms with Crippen LogP contribution in [0.15, 0.2) is 24.3 Å². The Labute approximate surface area is 101 Å². The van der Waals surface area contributed by atoms with Crippen molar-refractivity contribution in [3.8, 4) is 6.07 Å². The molecule has 1 aliphatic rings. The summed E-state index contributed by atoms with van der Waals surface area (Å²) in [6.45, 7) is 2.82. The van der Waals surface area contributed by atoms with Gasteiger partial charge in [-0.05, 0) is 24.1 Å². The van der Waals surface area contributed by atoms with Gasteiger partial charge in [0, 0.05) is 13.1 Å². The van der Waals surface area contributed by atoms with E-state index >= 15 is 0 Å². The highest BCUT2D eigenvalue weighted by molar-refractivity contribution is 5.31. The van der Waals surface area contributed by atoms with Gasteiger partial charge >= 0.3 is 0 Å². The van der Waals surface area contributed by atoms with Gasteiger partial charge in [-0.1, -0.05) is 12.1 Å². The molecular formula is C13H16N2O2. The fraction of sp³-hybridized carbons (Fsp3) is 0.462. The quantitative estimate of drug-likeness (QED) is 0.852. The maximum Gasteiger partial charge on any atom is 0.147 e. The van der Waals surface area contributed by atoms with Crippen molar-refractivity contribution in [3.63, 3.8) is 0 Å². The average molecular weight is 232 g/mol. The van der Waals surface area contributed by atoms with E-state index in [2.05, 4.69) is 11.4 Å². The summed E-state index contributed by atoms with van der Waals surface area (Å²) in [6.07, 6.45) is 1.20. The summed E-state index contributed by atoms with van der Waals surface area (Å²) in [7, 11) is 0. The lowest BCUT2D eigenvalue weighted by atomic mass is 10.1. The van der Waals surface area contributed by atoms with E-state index in [0.717, 1.165) is 26.1 Å². The van der Waals surface area contributed by atoms with Crippen molar-refractivity contribution in [1.29, 1.82) is 5.26 Å². The molecule has 0 aliphatic carbocycles. The van der Waals surface area contributed by atoms with Gasteiger partial charge in [-0.15, -0.1) is 0 Å². The third-order valence-electron chi connectivity index (χ3n) is 2.76. The van der Waals surface area contributed by atoms with Crippen LogP contribution in [0.5, 0.6) is 0 Å². The Bertz CT molecular complexity index is 377. The fourth-order valence-corrected chi connectivity index (χ4v) is 1.74. The molecule has 0 aromatic heterocycles. The zero-order valence-corrected chi connectivity index (χ0v) is 9.69. The van der Waals surface area contributed by atoms with Crippen LogP contribution >= 0.6 is 0 Å². The first-order valence-corrected chi connectivity index (χ1v) is 5.77. The molecule has 1 atom stereocenters. The molecule has 0 radical (unpaired) electrons. The van der Waals surface area contributed by atoms with E-state index in [9.17, 15) is 0 Å². The molecule has 90 valence electrons. The molecule has 2 rings (SSSR count). The van der Waals surface area contributed by atoms with Gasteiger partial charge in [-0.2, -0.15) is 5.26 Å². The number of ether oxygens (including phenoxy) is 2. The van der Waals surface area contributed by atoms with Crippen LogP contribution in [0.4, 0.5) is 0 Å². The SMILES string of the molecule is N#Cc1ccc(CNCC2CCOCO2)cc1. The Balaban J connectivity index is 1.72. The Morgan fingerprint density at radius 2 is 2.18 bits per heavy atom. The predicted molar refractivity (Wildman–Crippen MR) is 63.2 cm³/mol. The number of hydrogen-bond acceptors (Lipinski definition) is 4. The normalized spacial score (nSPS) is 19.8. The van der Waals surface area contributed by atoms with Gasteiger partial charge in [0.05, 0.1) is 24.3 Å². The van der Waals surface area contributed by atoms with Crippen molar-refractivity contribution in [2.45, 2.75) is 19.1 Å². The Morgan fingerprint density at radius 3 is 2.82 bits per heavy atom. The summed E-state index contributed by atoms with van der Waals surface area (Å²) in [4.78, 5) is 0. The van der Waals surface area contributed by atoms with Crippen LogP contribution in [0.3, 0.4) is 0 Å². The summed E-state index contributed by atoms with van der Waals surface area (Å²) in [6, 6.07) is 9.72. The molecule has 1 saturated heterocycles. The summed E-state index contributed by atoms with van der Waals surface area (Å²) in [5, 5.41) is 12.0. The van der Waals surface area contributed by atoms with E-state index in [1.54, 1.807) is 0 Å². The minimum Gasteiger partial charge on any atom is -0.355 e. The maximum absolute atomic E-state index is 8.68. The highest BCUT2D eigenvalue weighted by Crippen LogP contribution is 2.06. The lowest BCUT2D eigenvalue weighted by Gasteiger charge is -2.22. The molecule has 1 aromatic carbocycles. The second-order valence-corrected chi connectivity index (χ2v) is 4.04. The summed E-state index contributed by atoms with van der Waals surface area (Å²) >= 11 is 0. The summed E-state index contributed by atoms with van der Waals surface area (Å²) in [5.41, 5.74) is 1.87. The van der Waals surface area contributed by atoms with E-state index in [1.165, 1.54) is 5.56 Å². The van der Waals surface area contributed by atoms with Crippen molar-refractivity contribution in [2.75, 3.05) is 19.9 Å². The van der Waals surface area contributed by atoms with Crippen molar-refractivity contribution >= 4 is 0 Å². The highest BCUT2D eigenvalue weighted by Gasteiger charge is 2.12. The second-order valence-electron chi connectivity index (χ2n) is 4.04. The Kier molecular flexibility index (Phi) is 4.51. The third kappa shape index (κ3) is 3.82. The van der Waals surface area contributed by atoms with E-state index < -0.39 is 0 Å². The molecule has 1 unspecified atom stereocenters. The number of hydrogen-bond donors (Lipinski definition) is 1. The number of rotatable bonds is 4. The zero-order chi connectivity index (χ0) is 11.9.